The van der Waals surface area contributed by atoms with Crippen LogP contribution in [0.15, 0.2) is 22.5 Å². The van der Waals surface area contributed by atoms with Crippen LogP contribution in [0.3, 0.4) is 0 Å². The average molecular weight is 152 g/mol. The molecule has 1 rings (SSSR count). The third kappa shape index (κ3) is 1.47. The summed E-state index contributed by atoms with van der Waals surface area (Å²) in [5, 5.41) is 9.63. The Bertz CT molecular complexity index is 221. The molecule has 0 aromatic carbocycles. The van der Waals surface area contributed by atoms with E-state index in [1.807, 2.05) is 6.92 Å². The van der Waals surface area contributed by atoms with Crippen LogP contribution in [0.4, 0.5) is 0 Å². The van der Waals surface area contributed by atoms with Crippen molar-refractivity contribution < 1.29 is 5.11 Å². The van der Waals surface area contributed by atoms with Crippen molar-refractivity contribution in [3.8, 4) is 0 Å². The number of hydrogen-bond donors (Lipinski definition) is 1. The van der Waals surface area contributed by atoms with Crippen LogP contribution >= 0.6 is 0 Å². The summed E-state index contributed by atoms with van der Waals surface area (Å²) in [6, 6.07) is 0. The lowest BCUT2D eigenvalue weighted by Crippen LogP contribution is -2.02. The van der Waals surface area contributed by atoms with Crippen molar-refractivity contribution in [1.29, 1.82) is 0 Å². The second-order valence-electron chi connectivity index (χ2n) is 3.24. The predicted octanol–water partition coefficient (Wildman–Crippen LogP) is 3.34. The maximum atomic E-state index is 9.63. The van der Waals surface area contributed by atoms with E-state index in [4.69, 9.17) is 0 Å². The smallest absolute Gasteiger partial charge is 0.117 e. The van der Waals surface area contributed by atoms with Gasteiger partial charge in [0.15, 0.2) is 0 Å². The maximum absolute atomic E-state index is 9.63. The number of hydrogen-bond acceptors (Lipinski definition) is 1. The topological polar surface area (TPSA) is 20.2 Å². The van der Waals surface area contributed by atoms with E-state index in [-0.39, 0.29) is 0 Å². The average Bonchev–Trinajstić information content (AvgIpc) is 1.99. The molecule has 0 saturated carbocycles. The summed E-state index contributed by atoms with van der Waals surface area (Å²) in [4.78, 5) is 0. The summed E-state index contributed by atoms with van der Waals surface area (Å²) in [7, 11) is 0. The molecule has 1 N–H and O–H groups in total. The van der Waals surface area contributed by atoms with Crippen molar-refractivity contribution >= 4 is 0 Å². The molecule has 0 heterocycles. The number of allylic oxidation sites excluding steroid dienone is 3. The normalized spacial score (nSPS) is 19.5. The summed E-state index contributed by atoms with van der Waals surface area (Å²) in [6.07, 6.45) is 3.11. The van der Waals surface area contributed by atoms with Crippen LogP contribution in [0.1, 0.15) is 40.0 Å². The Hall–Kier alpha value is -0.720. The molecule has 1 aliphatic carbocycles. The first-order valence-corrected chi connectivity index (χ1v) is 4.24. The van der Waals surface area contributed by atoms with Gasteiger partial charge in [0.1, 0.15) is 5.76 Å². The zero-order valence-corrected chi connectivity index (χ0v) is 7.57. The van der Waals surface area contributed by atoms with Gasteiger partial charge in [-0.15, -0.1) is 0 Å². The van der Waals surface area contributed by atoms with Crippen LogP contribution in [-0.4, -0.2) is 5.11 Å². The zero-order valence-electron chi connectivity index (χ0n) is 7.57. The standard InChI is InChI=1S/C10H16O/c1-4-9-7(2)5-6-8(3)10(9)11/h11H,4-6H2,1-3H3. The van der Waals surface area contributed by atoms with Gasteiger partial charge < -0.3 is 5.11 Å². The Balaban J connectivity index is 3.00. The highest BCUT2D eigenvalue weighted by atomic mass is 16.3. The molecule has 0 atom stereocenters. The van der Waals surface area contributed by atoms with Crippen molar-refractivity contribution in [3.05, 3.63) is 22.5 Å². The highest BCUT2D eigenvalue weighted by Gasteiger charge is 2.13. The monoisotopic (exact) mass is 152 g/mol. The van der Waals surface area contributed by atoms with Crippen molar-refractivity contribution in [1.82, 2.24) is 0 Å². The summed E-state index contributed by atoms with van der Waals surface area (Å²) in [6.45, 7) is 6.21. The Morgan fingerprint density at radius 2 is 1.73 bits per heavy atom. The van der Waals surface area contributed by atoms with Gasteiger partial charge in [0.2, 0.25) is 0 Å². The minimum Gasteiger partial charge on any atom is -0.508 e. The highest BCUT2D eigenvalue weighted by molar-refractivity contribution is 5.36. The predicted molar refractivity (Wildman–Crippen MR) is 47.6 cm³/mol. The van der Waals surface area contributed by atoms with Gasteiger partial charge in [-0.1, -0.05) is 12.5 Å². The highest BCUT2D eigenvalue weighted by Crippen LogP contribution is 2.29. The number of rotatable bonds is 1. The fraction of sp³-hybridized carbons (Fsp3) is 0.600. The lowest BCUT2D eigenvalue weighted by molar-refractivity contribution is 0.404. The summed E-state index contributed by atoms with van der Waals surface area (Å²) in [5.74, 6) is 0.552. The van der Waals surface area contributed by atoms with Crippen LogP contribution < -0.4 is 0 Å². The molecule has 1 nitrogen and oxygen atoms in total. The van der Waals surface area contributed by atoms with E-state index in [0.717, 1.165) is 30.4 Å². The Labute approximate surface area is 68.4 Å². The first-order valence-electron chi connectivity index (χ1n) is 4.24. The fourth-order valence-corrected chi connectivity index (χ4v) is 1.57. The van der Waals surface area contributed by atoms with Gasteiger partial charge in [0.25, 0.3) is 0 Å². The second-order valence-corrected chi connectivity index (χ2v) is 3.24. The van der Waals surface area contributed by atoms with Crippen LogP contribution in [-0.2, 0) is 0 Å². The van der Waals surface area contributed by atoms with E-state index >= 15 is 0 Å². The van der Waals surface area contributed by atoms with E-state index in [1.54, 1.807) is 0 Å². The van der Waals surface area contributed by atoms with Crippen LogP contribution in [0, 0.1) is 0 Å². The van der Waals surface area contributed by atoms with Crippen LogP contribution in [0.25, 0.3) is 0 Å². The van der Waals surface area contributed by atoms with E-state index in [0.29, 0.717) is 5.76 Å². The molecule has 0 aromatic rings. The minimum atomic E-state index is 0.552. The number of aliphatic hydroxyl groups is 1. The van der Waals surface area contributed by atoms with Gasteiger partial charge in [-0.2, -0.15) is 0 Å². The summed E-state index contributed by atoms with van der Waals surface area (Å²) >= 11 is 0. The molecule has 0 spiro atoms. The Morgan fingerprint density at radius 3 is 2.18 bits per heavy atom. The molecule has 0 bridgehead atoms. The molecule has 0 fully saturated rings. The third-order valence-electron chi connectivity index (χ3n) is 2.43. The van der Waals surface area contributed by atoms with E-state index in [1.165, 1.54) is 5.57 Å². The maximum Gasteiger partial charge on any atom is 0.117 e. The molecule has 1 heteroatoms. The van der Waals surface area contributed by atoms with Crippen molar-refractivity contribution in [3.63, 3.8) is 0 Å². The molecule has 0 saturated heterocycles. The van der Waals surface area contributed by atoms with E-state index in [2.05, 4.69) is 13.8 Å². The molecule has 0 aliphatic heterocycles. The quantitative estimate of drug-likeness (QED) is 0.611. The van der Waals surface area contributed by atoms with Gasteiger partial charge in [-0.25, -0.2) is 0 Å². The Kier molecular flexibility index (Phi) is 2.38. The SMILES string of the molecule is CCC1=C(C)CCC(C)=C1O. The molecule has 62 valence electrons. The molecule has 0 radical (unpaired) electrons. The zero-order chi connectivity index (χ0) is 8.43. The minimum absolute atomic E-state index is 0.552. The lowest BCUT2D eigenvalue weighted by atomic mass is 9.91. The first-order chi connectivity index (χ1) is 5.16. The van der Waals surface area contributed by atoms with Gasteiger partial charge in [-0.05, 0) is 44.3 Å². The van der Waals surface area contributed by atoms with Crippen LogP contribution in [0.5, 0.6) is 0 Å². The van der Waals surface area contributed by atoms with Crippen molar-refractivity contribution in [2.24, 2.45) is 0 Å². The van der Waals surface area contributed by atoms with Gasteiger partial charge in [0.05, 0.1) is 0 Å². The van der Waals surface area contributed by atoms with E-state index < -0.39 is 0 Å². The van der Waals surface area contributed by atoms with Crippen LogP contribution in [0.2, 0.25) is 0 Å². The van der Waals surface area contributed by atoms with E-state index in [9.17, 15) is 5.11 Å². The molecule has 0 aromatic heterocycles. The largest absolute Gasteiger partial charge is 0.508 e. The summed E-state index contributed by atoms with van der Waals surface area (Å²) in [5.41, 5.74) is 3.66. The van der Waals surface area contributed by atoms with Gasteiger partial charge in [-0.3, -0.25) is 0 Å². The molecular formula is C10H16O. The first kappa shape index (κ1) is 8.38. The molecular weight excluding hydrogens is 136 g/mol. The van der Waals surface area contributed by atoms with Gasteiger partial charge >= 0.3 is 0 Å². The van der Waals surface area contributed by atoms with Gasteiger partial charge in [0, 0.05) is 0 Å². The Morgan fingerprint density at radius 1 is 1.18 bits per heavy atom. The number of aliphatic hydroxyl groups excluding tert-OH is 1. The molecule has 11 heavy (non-hydrogen) atoms. The third-order valence-corrected chi connectivity index (χ3v) is 2.43. The summed E-state index contributed by atoms with van der Waals surface area (Å²) < 4.78 is 0. The van der Waals surface area contributed by atoms with Crippen molar-refractivity contribution in [2.45, 2.75) is 40.0 Å². The van der Waals surface area contributed by atoms with Crippen molar-refractivity contribution in [2.75, 3.05) is 0 Å². The molecule has 0 amide bonds. The lowest BCUT2D eigenvalue weighted by Gasteiger charge is -2.18. The fourth-order valence-electron chi connectivity index (χ4n) is 1.57. The molecule has 0 unspecified atom stereocenters. The molecule has 1 aliphatic rings. The second kappa shape index (κ2) is 3.12.